The van der Waals surface area contributed by atoms with Gasteiger partial charge >= 0.3 is 5.97 Å². The number of aromatic nitrogens is 1. The van der Waals surface area contributed by atoms with Crippen molar-refractivity contribution in [1.29, 1.82) is 0 Å². The Balaban J connectivity index is 0.000000533. The number of carboxylic acids is 1. The number of aliphatic hydroxyl groups is 3. The number of aliphatic hydroxyl groups excluding tert-OH is 3. The van der Waals surface area contributed by atoms with Gasteiger partial charge in [-0.15, -0.1) is 0 Å². The van der Waals surface area contributed by atoms with Gasteiger partial charge in [-0.3, -0.25) is 4.79 Å². The Kier molecular flexibility index (Phi) is 12.0. The molecular formula is C36H38F2N2O6. The minimum absolute atomic E-state index is 0.0342. The Morgan fingerprint density at radius 1 is 0.761 bits per heavy atom. The van der Waals surface area contributed by atoms with Crippen LogP contribution in [-0.4, -0.2) is 56.3 Å². The average Bonchev–Trinajstić information content (AvgIpc) is 3.44. The van der Waals surface area contributed by atoms with Crippen molar-refractivity contribution in [3.63, 3.8) is 0 Å². The predicted molar refractivity (Wildman–Crippen MR) is 172 cm³/mol. The van der Waals surface area contributed by atoms with Crippen LogP contribution in [0.15, 0.2) is 97.2 Å². The predicted octanol–water partition coefficient (Wildman–Crippen LogP) is 4.95. The average molecular weight is 633 g/mol. The van der Waals surface area contributed by atoms with Crippen LogP contribution in [-0.2, 0) is 30.7 Å². The summed E-state index contributed by atoms with van der Waals surface area (Å²) in [6.45, 7) is -1.15. The first-order chi connectivity index (χ1) is 22.2. The quantitative estimate of drug-likeness (QED) is 0.124. The first-order valence-electron chi connectivity index (χ1n) is 14.8. The van der Waals surface area contributed by atoms with Gasteiger partial charge in [-0.25, -0.2) is 8.78 Å². The molecule has 5 aromatic rings. The van der Waals surface area contributed by atoms with E-state index in [1.165, 1.54) is 17.7 Å². The van der Waals surface area contributed by atoms with E-state index in [0.717, 1.165) is 40.4 Å². The van der Waals surface area contributed by atoms with Crippen LogP contribution in [0, 0.1) is 11.6 Å². The van der Waals surface area contributed by atoms with Crippen molar-refractivity contribution >= 4 is 16.9 Å². The lowest BCUT2D eigenvalue weighted by atomic mass is 10.0. The van der Waals surface area contributed by atoms with E-state index in [2.05, 4.69) is 12.1 Å². The van der Waals surface area contributed by atoms with Gasteiger partial charge in [-0.1, -0.05) is 66.7 Å². The van der Waals surface area contributed by atoms with Crippen LogP contribution in [0.4, 0.5) is 8.78 Å². The Hall–Kier alpha value is -4.61. The maximum atomic E-state index is 15.1. The molecule has 4 aromatic carbocycles. The maximum Gasteiger partial charge on any atom is 0.303 e. The van der Waals surface area contributed by atoms with E-state index in [0.29, 0.717) is 12.1 Å². The number of hydrogen-bond donors (Lipinski definition) is 5. The number of fused-ring (bicyclic) bond motifs is 1. The molecule has 5 rings (SSSR count). The van der Waals surface area contributed by atoms with Crippen LogP contribution in [0.2, 0.25) is 0 Å². The highest BCUT2D eigenvalue weighted by molar-refractivity contribution is 5.86. The number of carboxylic acid groups (broad SMARTS) is 1. The molecule has 10 heteroatoms. The molecule has 0 bridgehead atoms. The molecular weight excluding hydrogens is 594 g/mol. The number of carbonyl (C=O) groups is 1. The molecule has 1 heterocycles. The molecule has 0 radical (unpaired) electrons. The van der Waals surface area contributed by atoms with Crippen LogP contribution < -0.4 is 10.5 Å². The molecule has 0 fully saturated rings. The first-order valence-corrected chi connectivity index (χ1v) is 14.8. The van der Waals surface area contributed by atoms with Gasteiger partial charge in [0.2, 0.25) is 0 Å². The second-order valence-corrected chi connectivity index (χ2v) is 11.1. The fourth-order valence-corrected chi connectivity index (χ4v) is 4.79. The summed E-state index contributed by atoms with van der Waals surface area (Å²) in [6, 6.07) is 27.6. The van der Waals surface area contributed by atoms with E-state index >= 15 is 8.78 Å². The van der Waals surface area contributed by atoms with Gasteiger partial charge in [0.15, 0.2) is 17.4 Å². The van der Waals surface area contributed by atoms with E-state index < -0.39 is 48.7 Å². The van der Waals surface area contributed by atoms with E-state index in [1.807, 2.05) is 72.9 Å². The number of aryl methyl sites for hydroxylation is 3. The Bertz CT molecular complexity index is 1690. The SMILES string of the molecule is NC(CO)(CO)CO.O=C(O)CCc1ccc2c(c1)c(CCc1ccccc1)cn2-c1cc(F)c(OCc2ccccc2)c(F)c1. The van der Waals surface area contributed by atoms with Gasteiger partial charge in [-0.05, 0) is 53.6 Å². The van der Waals surface area contributed by atoms with E-state index in [9.17, 15) is 4.79 Å². The highest BCUT2D eigenvalue weighted by Gasteiger charge is 2.21. The van der Waals surface area contributed by atoms with Crippen LogP contribution in [0.1, 0.15) is 28.7 Å². The molecule has 46 heavy (non-hydrogen) atoms. The summed E-state index contributed by atoms with van der Waals surface area (Å²) in [6.07, 6.45) is 3.87. The van der Waals surface area contributed by atoms with Gasteiger partial charge < -0.3 is 35.5 Å². The summed E-state index contributed by atoms with van der Waals surface area (Å²) >= 11 is 0. The Morgan fingerprint density at radius 3 is 1.89 bits per heavy atom. The van der Waals surface area contributed by atoms with Crippen molar-refractivity contribution in [3.05, 3.63) is 131 Å². The van der Waals surface area contributed by atoms with Gasteiger partial charge in [0.1, 0.15) is 6.61 Å². The molecule has 0 aliphatic carbocycles. The summed E-state index contributed by atoms with van der Waals surface area (Å²) < 4.78 is 37.4. The number of nitrogens with zero attached hydrogens (tertiary/aromatic N) is 1. The van der Waals surface area contributed by atoms with E-state index in [1.54, 1.807) is 4.57 Å². The zero-order valence-corrected chi connectivity index (χ0v) is 25.3. The summed E-state index contributed by atoms with van der Waals surface area (Å²) in [7, 11) is 0. The molecule has 242 valence electrons. The highest BCUT2D eigenvalue weighted by atomic mass is 19.1. The summed E-state index contributed by atoms with van der Waals surface area (Å²) in [5.41, 5.74) is 9.01. The normalized spacial score (nSPS) is 11.3. The van der Waals surface area contributed by atoms with E-state index in [4.69, 9.17) is 30.9 Å². The van der Waals surface area contributed by atoms with Crippen molar-refractivity contribution in [2.75, 3.05) is 19.8 Å². The Labute approximate surface area is 265 Å². The monoisotopic (exact) mass is 632 g/mol. The molecule has 0 unspecified atom stereocenters. The molecule has 8 nitrogen and oxygen atoms in total. The van der Waals surface area contributed by atoms with Crippen LogP contribution in [0.25, 0.3) is 16.6 Å². The number of halogens is 2. The number of nitrogens with two attached hydrogens (primary N) is 1. The molecule has 1 aromatic heterocycles. The zero-order chi connectivity index (χ0) is 33.1. The third kappa shape index (κ3) is 8.98. The van der Waals surface area contributed by atoms with Crippen LogP contribution in [0.5, 0.6) is 5.75 Å². The fourth-order valence-electron chi connectivity index (χ4n) is 4.79. The topological polar surface area (TPSA) is 138 Å². The van der Waals surface area contributed by atoms with Gasteiger partial charge in [0.25, 0.3) is 0 Å². The summed E-state index contributed by atoms with van der Waals surface area (Å²) in [4.78, 5) is 11.1. The number of rotatable bonds is 13. The maximum absolute atomic E-state index is 15.1. The molecule has 0 aliphatic rings. The number of benzene rings is 4. The first kappa shape index (κ1) is 34.3. The van der Waals surface area contributed by atoms with Crippen molar-refractivity contribution < 1.29 is 38.7 Å². The third-order valence-electron chi connectivity index (χ3n) is 7.54. The number of ether oxygens (including phenoxy) is 1. The molecule has 0 atom stereocenters. The van der Waals surface area contributed by atoms with Crippen molar-refractivity contribution in [2.24, 2.45) is 5.73 Å². The molecule has 0 spiro atoms. The summed E-state index contributed by atoms with van der Waals surface area (Å²) in [5.74, 6) is -2.81. The molecule has 6 N–H and O–H groups in total. The van der Waals surface area contributed by atoms with E-state index in [-0.39, 0.29) is 13.0 Å². The standard InChI is InChI=1S/C32H27F2NO3.C4H11NO3/c33-28-18-26(19-29(34)32(28)38-21-24-9-5-2-6-10-24)35-20-25(14-11-22-7-3-1-4-8-22)27-17-23(12-15-30(27)35)13-16-31(36)37;5-4(1-6,2-7)3-8/h1-10,12,15,17-20H,11,13-14,16,21H2,(H,36,37);6-8H,1-3,5H2. The minimum atomic E-state index is -1.21. The number of hydrogen-bond acceptors (Lipinski definition) is 6. The van der Waals surface area contributed by atoms with Crippen LogP contribution >= 0.6 is 0 Å². The lowest BCUT2D eigenvalue weighted by Crippen LogP contribution is -2.50. The molecule has 0 saturated carbocycles. The third-order valence-corrected chi connectivity index (χ3v) is 7.54. The van der Waals surface area contributed by atoms with Crippen molar-refractivity contribution in [2.45, 2.75) is 37.8 Å². The summed E-state index contributed by atoms with van der Waals surface area (Å²) in [5, 5.41) is 35.1. The van der Waals surface area contributed by atoms with Gasteiger partial charge in [0.05, 0.1) is 36.6 Å². The second-order valence-electron chi connectivity index (χ2n) is 11.1. The van der Waals surface area contributed by atoms with Crippen molar-refractivity contribution in [1.82, 2.24) is 4.57 Å². The largest absolute Gasteiger partial charge is 0.483 e. The fraction of sp³-hybridized carbons (Fsp3) is 0.250. The van der Waals surface area contributed by atoms with Gasteiger partial charge in [-0.2, -0.15) is 0 Å². The molecule has 0 saturated heterocycles. The number of aliphatic carboxylic acids is 1. The van der Waals surface area contributed by atoms with Gasteiger partial charge in [0, 0.05) is 30.1 Å². The molecule has 0 amide bonds. The zero-order valence-electron chi connectivity index (χ0n) is 25.3. The molecule has 0 aliphatic heterocycles. The minimum Gasteiger partial charge on any atom is -0.483 e. The van der Waals surface area contributed by atoms with Crippen LogP contribution in [0.3, 0.4) is 0 Å². The lowest BCUT2D eigenvalue weighted by Gasteiger charge is -2.20. The Morgan fingerprint density at radius 2 is 1.35 bits per heavy atom. The lowest BCUT2D eigenvalue weighted by molar-refractivity contribution is -0.136. The highest BCUT2D eigenvalue weighted by Crippen LogP contribution is 2.31. The second kappa shape index (κ2) is 16.1. The smallest absolute Gasteiger partial charge is 0.303 e. The van der Waals surface area contributed by atoms with Crippen molar-refractivity contribution in [3.8, 4) is 11.4 Å².